The molecule has 0 saturated heterocycles. The van der Waals surface area contributed by atoms with Crippen molar-refractivity contribution in [2.75, 3.05) is 0 Å². The van der Waals surface area contributed by atoms with Crippen molar-refractivity contribution in [3.63, 3.8) is 0 Å². The van der Waals surface area contributed by atoms with Crippen molar-refractivity contribution in [2.24, 2.45) is 11.8 Å². The Hall–Kier alpha value is -1.24. The summed E-state index contributed by atoms with van der Waals surface area (Å²) in [5.74, 6) is -0.147. The Balaban J connectivity index is 2.48. The van der Waals surface area contributed by atoms with E-state index in [1.54, 1.807) is 0 Å². The first-order valence-electron chi connectivity index (χ1n) is 11.7. The molecule has 0 N–H and O–H groups in total. The van der Waals surface area contributed by atoms with Gasteiger partial charge >= 0.3 is 0 Å². The van der Waals surface area contributed by atoms with Crippen LogP contribution in [0.5, 0.6) is 0 Å². The van der Waals surface area contributed by atoms with Gasteiger partial charge < -0.3 is 13.6 Å². The number of hydrogen-bond donors (Lipinski definition) is 0. The Kier molecular flexibility index (Phi) is 8.39. The van der Waals surface area contributed by atoms with Crippen LogP contribution in [0.25, 0.3) is 0 Å². The molecule has 1 aliphatic carbocycles. The zero-order chi connectivity index (χ0) is 24.4. The summed E-state index contributed by atoms with van der Waals surface area (Å²) in [6, 6.07) is 12.7. The molecule has 0 unspecified atom stereocenters. The zero-order valence-electron chi connectivity index (χ0n) is 21.6. The molecule has 0 spiro atoms. The van der Waals surface area contributed by atoms with Gasteiger partial charge in [-0.15, -0.1) is 6.58 Å². The molecule has 0 radical (unpaired) electrons. The SMILES string of the molecule is C=C[C@H]1[C@@H](OCc2ccccc2)[C@H](O[Si](C)(C)C(C)(C)C)[C@H](C)C[C@@]1(C#N)O[Si](C)(C)C. The Morgan fingerprint density at radius 3 is 2.19 bits per heavy atom. The molecule has 0 aliphatic heterocycles. The van der Waals surface area contributed by atoms with Gasteiger partial charge in [0.15, 0.2) is 22.2 Å². The van der Waals surface area contributed by atoms with Crippen molar-refractivity contribution in [3.8, 4) is 6.07 Å². The molecule has 0 aromatic heterocycles. The summed E-state index contributed by atoms with van der Waals surface area (Å²) in [5.41, 5.74) is 0.161. The van der Waals surface area contributed by atoms with Gasteiger partial charge in [0, 0.05) is 5.92 Å². The summed E-state index contributed by atoms with van der Waals surface area (Å²) in [6.45, 7) is 24.5. The molecule has 32 heavy (non-hydrogen) atoms. The van der Waals surface area contributed by atoms with Crippen LogP contribution in [0.2, 0.25) is 37.8 Å². The monoisotopic (exact) mass is 473 g/mol. The molecule has 0 heterocycles. The van der Waals surface area contributed by atoms with E-state index in [-0.39, 0.29) is 29.1 Å². The normalized spacial score (nSPS) is 29.4. The van der Waals surface area contributed by atoms with Crippen molar-refractivity contribution in [3.05, 3.63) is 48.6 Å². The quantitative estimate of drug-likeness (QED) is 0.304. The highest BCUT2D eigenvalue weighted by molar-refractivity contribution is 6.74. The Labute approximate surface area is 198 Å². The third kappa shape index (κ3) is 6.21. The van der Waals surface area contributed by atoms with Crippen LogP contribution in [-0.2, 0) is 20.2 Å². The third-order valence-electron chi connectivity index (χ3n) is 6.86. The molecule has 1 fully saturated rings. The van der Waals surface area contributed by atoms with E-state index in [4.69, 9.17) is 13.6 Å². The van der Waals surface area contributed by atoms with E-state index in [9.17, 15) is 5.26 Å². The molecular formula is C26H43NO3Si2. The van der Waals surface area contributed by atoms with Crippen molar-refractivity contribution in [1.29, 1.82) is 5.26 Å². The topological polar surface area (TPSA) is 51.5 Å². The van der Waals surface area contributed by atoms with Gasteiger partial charge in [0.2, 0.25) is 0 Å². The van der Waals surface area contributed by atoms with E-state index in [0.717, 1.165) is 5.56 Å². The van der Waals surface area contributed by atoms with Crippen LogP contribution in [0.1, 0.15) is 39.7 Å². The minimum absolute atomic E-state index is 0.0823. The highest BCUT2D eigenvalue weighted by Gasteiger charge is 2.56. The van der Waals surface area contributed by atoms with Crippen molar-refractivity contribution in [2.45, 2.75) is 96.3 Å². The minimum atomic E-state index is -2.06. The first kappa shape index (κ1) is 27.0. The maximum Gasteiger partial charge on any atom is 0.192 e. The van der Waals surface area contributed by atoms with Crippen LogP contribution >= 0.6 is 0 Å². The summed E-state index contributed by atoms with van der Waals surface area (Å²) in [6.07, 6.45) is 2.07. The predicted molar refractivity (Wildman–Crippen MR) is 137 cm³/mol. The van der Waals surface area contributed by atoms with Gasteiger partial charge in [-0.05, 0) is 55.7 Å². The van der Waals surface area contributed by atoms with Gasteiger partial charge in [0.25, 0.3) is 0 Å². The summed E-state index contributed by atoms with van der Waals surface area (Å²) in [5, 5.41) is 10.5. The fourth-order valence-electron chi connectivity index (χ4n) is 4.31. The van der Waals surface area contributed by atoms with Gasteiger partial charge in [0.05, 0.1) is 24.9 Å². The summed E-state index contributed by atoms with van der Waals surface area (Å²) >= 11 is 0. The fourth-order valence-corrected chi connectivity index (χ4v) is 7.07. The Morgan fingerprint density at radius 2 is 1.72 bits per heavy atom. The molecule has 6 heteroatoms. The molecule has 1 aliphatic rings. The van der Waals surface area contributed by atoms with Crippen LogP contribution in [0.4, 0.5) is 0 Å². The lowest BCUT2D eigenvalue weighted by Crippen LogP contribution is -2.62. The molecule has 1 aromatic rings. The third-order valence-corrected chi connectivity index (χ3v) is 12.3. The molecule has 0 amide bonds. The Morgan fingerprint density at radius 1 is 1.12 bits per heavy atom. The first-order chi connectivity index (χ1) is 14.7. The lowest BCUT2D eigenvalue weighted by atomic mass is 9.68. The smallest absolute Gasteiger partial charge is 0.192 e. The Bertz CT molecular complexity index is 807. The maximum absolute atomic E-state index is 10.4. The van der Waals surface area contributed by atoms with Crippen LogP contribution in [0.3, 0.4) is 0 Å². The number of ether oxygens (including phenoxy) is 1. The number of hydrogen-bond acceptors (Lipinski definition) is 4. The second-order valence-corrected chi connectivity index (χ2v) is 20.9. The summed E-state index contributed by atoms with van der Waals surface area (Å²) in [4.78, 5) is 0. The average molecular weight is 474 g/mol. The van der Waals surface area contributed by atoms with Crippen LogP contribution < -0.4 is 0 Å². The summed E-state index contributed by atoms with van der Waals surface area (Å²) in [7, 11) is -4.06. The van der Waals surface area contributed by atoms with E-state index in [1.165, 1.54) is 0 Å². The molecule has 5 atom stereocenters. The molecule has 4 nitrogen and oxygen atoms in total. The van der Waals surface area contributed by atoms with Gasteiger partial charge in [-0.3, -0.25) is 0 Å². The molecule has 2 rings (SSSR count). The van der Waals surface area contributed by atoms with Crippen LogP contribution in [0, 0.1) is 23.2 Å². The predicted octanol–water partition coefficient (Wildman–Crippen LogP) is 6.92. The van der Waals surface area contributed by atoms with Gasteiger partial charge in [0.1, 0.15) is 0 Å². The minimum Gasteiger partial charge on any atom is -0.411 e. The molecule has 1 saturated carbocycles. The van der Waals surface area contributed by atoms with Gasteiger partial charge in [-0.2, -0.15) is 5.26 Å². The van der Waals surface area contributed by atoms with E-state index >= 15 is 0 Å². The van der Waals surface area contributed by atoms with E-state index in [2.05, 4.69) is 85.2 Å². The first-order valence-corrected chi connectivity index (χ1v) is 18.0. The van der Waals surface area contributed by atoms with Crippen LogP contribution in [0.15, 0.2) is 43.0 Å². The molecule has 0 bridgehead atoms. The summed E-state index contributed by atoms with van der Waals surface area (Å²) < 4.78 is 20.2. The standard InChI is InChI=1S/C26H43NO3Si2/c1-11-22-24(28-18-21-15-13-12-14-16-21)23(29-32(9,10)25(3,4)5)20(2)17-26(22,19-27)30-31(6,7)8/h11-16,20,22-24H,1,17-18H2,2-10H3/t20-,22+,23-,24-,26+/m1/s1. The van der Waals surface area contributed by atoms with Gasteiger partial charge in [-0.25, -0.2) is 0 Å². The van der Waals surface area contributed by atoms with E-state index in [1.807, 2.05) is 24.3 Å². The highest BCUT2D eigenvalue weighted by Crippen LogP contribution is 2.47. The van der Waals surface area contributed by atoms with Gasteiger partial charge in [-0.1, -0.05) is 64.1 Å². The maximum atomic E-state index is 10.4. The zero-order valence-corrected chi connectivity index (χ0v) is 23.6. The molecule has 1 aromatic carbocycles. The largest absolute Gasteiger partial charge is 0.411 e. The highest BCUT2D eigenvalue weighted by atomic mass is 28.4. The second kappa shape index (κ2) is 9.94. The number of nitrogens with zero attached hydrogens (tertiary/aromatic N) is 1. The molecule has 178 valence electrons. The van der Waals surface area contributed by atoms with E-state index < -0.39 is 22.2 Å². The van der Waals surface area contributed by atoms with E-state index in [0.29, 0.717) is 13.0 Å². The van der Waals surface area contributed by atoms with Crippen molar-refractivity contribution >= 4 is 16.6 Å². The lowest BCUT2D eigenvalue weighted by molar-refractivity contribution is -0.150. The number of nitriles is 1. The fraction of sp³-hybridized carbons (Fsp3) is 0.654. The number of benzene rings is 1. The van der Waals surface area contributed by atoms with Crippen LogP contribution in [-0.4, -0.2) is 34.4 Å². The molecular weight excluding hydrogens is 430 g/mol. The second-order valence-electron chi connectivity index (χ2n) is 11.8. The number of rotatable bonds is 8. The lowest BCUT2D eigenvalue weighted by Gasteiger charge is -2.53. The van der Waals surface area contributed by atoms with Crippen molar-refractivity contribution < 1.29 is 13.6 Å². The average Bonchev–Trinajstić information content (AvgIpc) is 2.67. The van der Waals surface area contributed by atoms with Crippen molar-refractivity contribution in [1.82, 2.24) is 0 Å².